The number of amides is 1. The SMILES string of the molecule is COc1ccccc1-c1cnccc1C(=O)Nc1nc2ccc(C#CC3CC3)c(F)c2s1. The monoisotopic (exact) mass is 443 g/mol. The first-order valence-corrected chi connectivity index (χ1v) is 10.9. The number of rotatable bonds is 4. The highest BCUT2D eigenvalue weighted by atomic mass is 32.1. The van der Waals surface area contributed by atoms with Crippen LogP contribution in [-0.2, 0) is 0 Å². The molecular formula is C25H18FN3O2S. The van der Waals surface area contributed by atoms with Gasteiger partial charge in [0.2, 0.25) is 0 Å². The van der Waals surface area contributed by atoms with Crippen LogP contribution in [0.5, 0.6) is 5.75 Å². The molecule has 2 aromatic carbocycles. The van der Waals surface area contributed by atoms with Crippen molar-refractivity contribution in [2.45, 2.75) is 12.8 Å². The van der Waals surface area contributed by atoms with E-state index in [1.165, 1.54) is 0 Å². The Morgan fingerprint density at radius 1 is 1.19 bits per heavy atom. The molecule has 0 spiro atoms. The molecule has 5 nitrogen and oxygen atoms in total. The van der Waals surface area contributed by atoms with E-state index in [2.05, 4.69) is 27.1 Å². The highest BCUT2D eigenvalue weighted by molar-refractivity contribution is 7.22. The van der Waals surface area contributed by atoms with Gasteiger partial charge in [-0.1, -0.05) is 41.4 Å². The number of anilines is 1. The van der Waals surface area contributed by atoms with Crippen LogP contribution in [0, 0.1) is 23.6 Å². The van der Waals surface area contributed by atoms with Crippen molar-refractivity contribution in [3.63, 3.8) is 0 Å². The summed E-state index contributed by atoms with van der Waals surface area (Å²) in [6, 6.07) is 12.4. The minimum absolute atomic E-state index is 0.319. The molecule has 0 atom stereocenters. The van der Waals surface area contributed by atoms with Gasteiger partial charge in [0.25, 0.3) is 5.91 Å². The number of pyridine rings is 1. The van der Waals surface area contributed by atoms with Gasteiger partial charge in [-0.05, 0) is 37.1 Å². The molecule has 5 rings (SSSR count). The molecule has 0 radical (unpaired) electrons. The van der Waals surface area contributed by atoms with Crippen molar-refractivity contribution < 1.29 is 13.9 Å². The van der Waals surface area contributed by atoms with Crippen LogP contribution in [0.2, 0.25) is 0 Å². The number of fused-ring (bicyclic) bond motifs is 1. The Hall–Kier alpha value is -3.76. The molecule has 0 aliphatic heterocycles. The largest absolute Gasteiger partial charge is 0.496 e. The van der Waals surface area contributed by atoms with Gasteiger partial charge in [0.1, 0.15) is 5.75 Å². The van der Waals surface area contributed by atoms with E-state index in [0.717, 1.165) is 29.7 Å². The van der Waals surface area contributed by atoms with Gasteiger partial charge in [-0.25, -0.2) is 9.37 Å². The molecule has 1 aliphatic rings. The molecule has 1 amide bonds. The third kappa shape index (κ3) is 3.93. The van der Waals surface area contributed by atoms with Crippen molar-refractivity contribution in [1.29, 1.82) is 0 Å². The van der Waals surface area contributed by atoms with E-state index in [-0.39, 0.29) is 5.91 Å². The Bertz CT molecular complexity index is 1400. The Labute approximate surface area is 188 Å². The number of thiazole rings is 1. The number of carbonyl (C=O) groups excluding carboxylic acids is 1. The van der Waals surface area contributed by atoms with Crippen LogP contribution in [0.3, 0.4) is 0 Å². The lowest BCUT2D eigenvalue weighted by atomic mass is 10.0. The van der Waals surface area contributed by atoms with Gasteiger partial charge in [-0.15, -0.1) is 0 Å². The normalized spacial score (nSPS) is 12.8. The lowest BCUT2D eigenvalue weighted by Gasteiger charge is -2.12. The summed E-state index contributed by atoms with van der Waals surface area (Å²) >= 11 is 1.09. The van der Waals surface area contributed by atoms with E-state index >= 15 is 0 Å². The fraction of sp³-hybridized carbons (Fsp3) is 0.160. The molecule has 0 saturated heterocycles. The third-order valence-corrected chi connectivity index (χ3v) is 6.15. The van der Waals surface area contributed by atoms with Crippen molar-refractivity contribution >= 4 is 32.6 Å². The summed E-state index contributed by atoms with van der Waals surface area (Å²) < 4.78 is 20.7. The van der Waals surface area contributed by atoms with Crippen molar-refractivity contribution in [2.24, 2.45) is 5.92 Å². The quantitative estimate of drug-likeness (QED) is 0.422. The number of nitrogens with zero attached hydrogens (tertiary/aromatic N) is 2. The first-order valence-electron chi connectivity index (χ1n) is 10.1. The van der Waals surface area contributed by atoms with E-state index < -0.39 is 5.82 Å². The number of hydrogen-bond donors (Lipinski definition) is 1. The van der Waals surface area contributed by atoms with Crippen LogP contribution in [0.1, 0.15) is 28.8 Å². The number of halogens is 1. The van der Waals surface area contributed by atoms with Crippen molar-refractivity contribution in [2.75, 3.05) is 12.4 Å². The van der Waals surface area contributed by atoms with E-state index in [1.807, 2.05) is 24.3 Å². The van der Waals surface area contributed by atoms with Crippen molar-refractivity contribution in [1.82, 2.24) is 9.97 Å². The van der Waals surface area contributed by atoms with E-state index in [0.29, 0.717) is 43.7 Å². The molecule has 1 aliphatic carbocycles. The van der Waals surface area contributed by atoms with Gasteiger partial charge >= 0.3 is 0 Å². The van der Waals surface area contributed by atoms with Crippen LogP contribution >= 0.6 is 11.3 Å². The van der Waals surface area contributed by atoms with Crippen LogP contribution in [0.15, 0.2) is 54.9 Å². The second-order valence-electron chi connectivity index (χ2n) is 7.41. The molecule has 32 heavy (non-hydrogen) atoms. The fourth-order valence-corrected chi connectivity index (χ4v) is 4.25. The highest BCUT2D eigenvalue weighted by Gasteiger charge is 2.20. The number of hydrogen-bond acceptors (Lipinski definition) is 5. The highest BCUT2D eigenvalue weighted by Crippen LogP contribution is 2.34. The smallest absolute Gasteiger partial charge is 0.258 e. The fourth-order valence-electron chi connectivity index (χ4n) is 3.36. The zero-order valence-electron chi connectivity index (χ0n) is 17.2. The summed E-state index contributed by atoms with van der Waals surface area (Å²) in [6.45, 7) is 0. The van der Waals surface area contributed by atoms with Crippen molar-refractivity contribution in [3.05, 3.63) is 71.8 Å². The maximum absolute atomic E-state index is 14.9. The molecule has 2 aromatic heterocycles. The van der Waals surface area contributed by atoms with E-state index in [9.17, 15) is 9.18 Å². The second kappa shape index (κ2) is 8.40. The summed E-state index contributed by atoms with van der Waals surface area (Å²) in [5, 5.41) is 3.12. The molecule has 1 fully saturated rings. The molecule has 0 unspecified atom stereocenters. The summed E-state index contributed by atoms with van der Waals surface area (Å²) in [7, 11) is 1.58. The Morgan fingerprint density at radius 2 is 2.03 bits per heavy atom. The van der Waals surface area contributed by atoms with Crippen LogP contribution in [0.4, 0.5) is 9.52 Å². The molecule has 0 bridgehead atoms. The predicted molar refractivity (Wildman–Crippen MR) is 123 cm³/mol. The average molecular weight is 444 g/mol. The zero-order valence-corrected chi connectivity index (χ0v) is 18.0. The van der Waals surface area contributed by atoms with Gasteiger partial charge < -0.3 is 4.74 Å². The standard InChI is InChI=1S/C25H18FN3O2S/c1-31-21-5-3-2-4-17(21)19-14-27-13-12-18(19)24(30)29-25-28-20-11-10-16(9-8-15-6-7-15)22(26)23(20)32-25/h2-5,10-15H,6-7H2,1H3,(H,28,29,30). The van der Waals surface area contributed by atoms with Crippen molar-refractivity contribution in [3.8, 4) is 28.7 Å². The molecular weight excluding hydrogens is 425 g/mol. The minimum Gasteiger partial charge on any atom is -0.496 e. The maximum atomic E-state index is 14.9. The lowest BCUT2D eigenvalue weighted by molar-refractivity contribution is 0.102. The molecule has 1 N–H and O–H groups in total. The Morgan fingerprint density at radius 3 is 2.84 bits per heavy atom. The number of methoxy groups -OCH3 is 1. The third-order valence-electron chi connectivity index (χ3n) is 5.17. The van der Waals surface area contributed by atoms with Gasteiger partial charge in [-0.2, -0.15) is 0 Å². The lowest BCUT2D eigenvalue weighted by Crippen LogP contribution is -2.13. The summed E-state index contributed by atoms with van der Waals surface area (Å²) in [5.74, 6) is 6.27. The van der Waals surface area contributed by atoms with Gasteiger partial charge in [0, 0.05) is 29.4 Å². The molecule has 158 valence electrons. The Balaban J connectivity index is 1.46. The number of carbonyl (C=O) groups is 1. The molecule has 7 heteroatoms. The Kier molecular flexibility index (Phi) is 5.29. The number of benzene rings is 2. The average Bonchev–Trinajstić information content (AvgIpc) is 3.56. The molecule has 4 aromatic rings. The summed E-state index contributed by atoms with van der Waals surface area (Å²) in [5.41, 5.74) is 2.65. The first kappa shape index (κ1) is 20.2. The maximum Gasteiger partial charge on any atom is 0.258 e. The van der Waals surface area contributed by atoms with Crippen LogP contribution < -0.4 is 10.1 Å². The predicted octanol–water partition coefficient (Wildman–Crippen LogP) is 5.52. The number of ether oxygens (including phenoxy) is 1. The van der Waals surface area contributed by atoms with E-state index in [4.69, 9.17) is 4.74 Å². The van der Waals surface area contributed by atoms with Gasteiger partial charge in [0.15, 0.2) is 10.9 Å². The number of para-hydroxylation sites is 1. The molecule has 1 saturated carbocycles. The van der Waals surface area contributed by atoms with Crippen LogP contribution in [-0.4, -0.2) is 23.0 Å². The van der Waals surface area contributed by atoms with Gasteiger partial charge in [-0.3, -0.25) is 15.1 Å². The molecule has 2 heterocycles. The minimum atomic E-state index is -0.396. The van der Waals surface area contributed by atoms with Crippen LogP contribution in [0.25, 0.3) is 21.3 Å². The number of aromatic nitrogens is 2. The number of nitrogens with one attached hydrogen (secondary N) is 1. The second-order valence-corrected chi connectivity index (χ2v) is 8.41. The zero-order chi connectivity index (χ0) is 22.1. The summed E-state index contributed by atoms with van der Waals surface area (Å²) in [6.07, 6.45) is 5.34. The first-order chi connectivity index (χ1) is 15.6. The van der Waals surface area contributed by atoms with E-state index in [1.54, 1.807) is 37.7 Å². The van der Waals surface area contributed by atoms with Gasteiger partial charge in [0.05, 0.1) is 28.5 Å². The topological polar surface area (TPSA) is 64.1 Å². The summed E-state index contributed by atoms with van der Waals surface area (Å²) in [4.78, 5) is 21.6.